The van der Waals surface area contributed by atoms with Crippen LogP contribution in [0.15, 0.2) is 0 Å². The molecule has 20 heavy (non-hydrogen) atoms. The van der Waals surface area contributed by atoms with Crippen molar-refractivity contribution in [1.82, 2.24) is 0 Å². The molecule has 5 heteroatoms. The van der Waals surface area contributed by atoms with Crippen LogP contribution >= 0.6 is 12.6 Å². The van der Waals surface area contributed by atoms with E-state index in [9.17, 15) is 9.90 Å². The van der Waals surface area contributed by atoms with Crippen LogP contribution in [0.25, 0.3) is 0 Å². The maximum atomic E-state index is 10.1. The van der Waals surface area contributed by atoms with Crippen LogP contribution in [0.1, 0.15) is 84.0 Å². The molecule has 1 unspecified atom stereocenters. The summed E-state index contributed by atoms with van der Waals surface area (Å²) in [7, 11) is 0. The number of carboxylic acid groups (broad SMARTS) is 1. The monoisotopic (exact) mass is 328 g/mol. The molecule has 0 bridgehead atoms. The standard InChI is InChI=1S/C15H30O3S.K/c1-2-3-4-5-6-7-8-9-10-11-12-13-14(19)18-15(16)17;/h14,19H,2-13H2,1H3,(H,16,17);/q;+1/p-1. The van der Waals surface area contributed by atoms with Gasteiger partial charge in [-0.05, 0) is 6.42 Å². The summed E-state index contributed by atoms with van der Waals surface area (Å²) < 4.78 is 4.41. The van der Waals surface area contributed by atoms with E-state index in [0.717, 1.165) is 12.8 Å². The van der Waals surface area contributed by atoms with Crippen LogP contribution in [0.5, 0.6) is 0 Å². The van der Waals surface area contributed by atoms with Crippen molar-refractivity contribution in [3.05, 3.63) is 0 Å². The van der Waals surface area contributed by atoms with Gasteiger partial charge in [-0.2, -0.15) is 12.6 Å². The second-order valence-electron chi connectivity index (χ2n) is 5.15. The van der Waals surface area contributed by atoms with E-state index in [1.807, 2.05) is 0 Å². The molecule has 0 spiro atoms. The quantitative estimate of drug-likeness (QED) is 0.182. The van der Waals surface area contributed by atoms with Gasteiger partial charge < -0.3 is 14.6 Å². The van der Waals surface area contributed by atoms with Gasteiger partial charge in [0.2, 0.25) is 0 Å². The Bertz CT molecular complexity index is 215. The van der Waals surface area contributed by atoms with Crippen molar-refractivity contribution in [2.75, 3.05) is 0 Å². The molecule has 0 amide bonds. The molecular weight excluding hydrogens is 299 g/mol. The van der Waals surface area contributed by atoms with E-state index < -0.39 is 11.6 Å². The number of carbonyl (C=O) groups is 1. The Morgan fingerprint density at radius 2 is 1.35 bits per heavy atom. The molecule has 0 aliphatic heterocycles. The van der Waals surface area contributed by atoms with Gasteiger partial charge in [0.1, 0.15) is 0 Å². The third kappa shape index (κ3) is 19.3. The maximum Gasteiger partial charge on any atom is 1.00 e. The van der Waals surface area contributed by atoms with Crippen molar-refractivity contribution in [2.24, 2.45) is 0 Å². The molecule has 0 radical (unpaired) electrons. The van der Waals surface area contributed by atoms with E-state index >= 15 is 0 Å². The van der Waals surface area contributed by atoms with E-state index in [-0.39, 0.29) is 51.4 Å². The van der Waals surface area contributed by atoms with Crippen molar-refractivity contribution < 1.29 is 66.0 Å². The van der Waals surface area contributed by atoms with Gasteiger partial charge in [0, 0.05) is 0 Å². The minimum atomic E-state index is -1.48. The first-order valence-corrected chi connectivity index (χ1v) is 8.24. The molecule has 0 aromatic heterocycles. The number of hydrogen-bond donors (Lipinski definition) is 1. The molecule has 0 heterocycles. The van der Waals surface area contributed by atoms with Crippen molar-refractivity contribution >= 4 is 18.8 Å². The van der Waals surface area contributed by atoms with Crippen LogP contribution in [-0.2, 0) is 4.74 Å². The van der Waals surface area contributed by atoms with E-state index in [1.54, 1.807) is 0 Å². The fourth-order valence-corrected chi connectivity index (χ4v) is 2.42. The van der Waals surface area contributed by atoms with E-state index in [4.69, 9.17) is 0 Å². The van der Waals surface area contributed by atoms with Crippen LogP contribution in [0.4, 0.5) is 4.79 Å². The minimum Gasteiger partial charge on any atom is -0.536 e. The van der Waals surface area contributed by atoms with Gasteiger partial charge in [-0.1, -0.05) is 77.6 Å². The fraction of sp³-hybridized carbons (Fsp3) is 0.933. The summed E-state index contributed by atoms with van der Waals surface area (Å²) in [4.78, 5) is 10.1. The minimum absolute atomic E-state index is 0. The zero-order valence-electron chi connectivity index (χ0n) is 13.2. The summed E-state index contributed by atoms with van der Waals surface area (Å²) in [6, 6.07) is 0. The summed E-state index contributed by atoms with van der Waals surface area (Å²) >= 11 is 4.03. The Hall–Kier alpha value is 1.26. The van der Waals surface area contributed by atoms with Crippen LogP contribution in [0, 0.1) is 0 Å². The molecule has 0 saturated heterocycles. The molecule has 0 aromatic carbocycles. The number of thiol groups is 1. The average molecular weight is 329 g/mol. The van der Waals surface area contributed by atoms with Crippen LogP contribution in [-0.4, -0.2) is 11.6 Å². The Labute approximate surface area is 172 Å². The van der Waals surface area contributed by atoms with E-state index in [2.05, 4.69) is 24.3 Å². The first-order chi connectivity index (χ1) is 9.16. The Morgan fingerprint density at radius 3 is 1.75 bits per heavy atom. The molecule has 0 fully saturated rings. The molecule has 0 aliphatic carbocycles. The third-order valence-corrected chi connectivity index (χ3v) is 3.65. The summed E-state index contributed by atoms with van der Waals surface area (Å²) in [5.41, 5.74) is -0.524. The van der Waals surface area contributed by atoms with Gasteiger partial charge in [-0.3, -0.25) is 0 Å². The third-order valence-electron chi connectivity index (χ3n) is 3.29. The van der Waals surface area contributed by atoms with Gasteiger partial charge in [0.05, 0.1) is 5.44 Å². The van der Waals surface area contributed by atoms with Gasteiger partial charge in [0.25, 0.3) is 6.16 Å². The van der Waals surface area contributed by atoms with Crippen molar-refractivity contribution in [3.63, 3.8) is 0 Å². The molecule has 114 valence electrons. The van der Waals surface area contributed by atoms with Gasteiger partial charge in [-0.25, -0.2) is 0 Å². The second-order valence-corrected chi connectivity index (χ2v) is 5.72. The number of ether oxygens (including phenoxy) is 1. The fourth-order valence-electron chi connectivity index (χ4n) is 2.15. The first kappa shape index (κ1) is 23.5. The SMILES string of the molecule is CCCCCCCCCCCCCC(S)OC(=O)[O-].[K+]. The molecule has 0 N–H and O–H groups in total. The van der Waals surface area contributed by atoms with Crippen LogP contribution in [0.2, 0.25) is 0 Å². The Balaban J connectivity index is 0. The Morgan fingerprint density at radius 1 is 0.950 bits per heavy atom. The molecule has 0 aliphatic rings. The molecule has 0 rings (SSSR count). The Kier molecular flexibility index (Phi) is 21.5. The largest absolute Gasteiger partial charge is 1.00 e. The maximum absolute atomic E-state index is 10.1. The predicted octanol–water partition coefficient (Wildman–Crippen LogP) is 1.31. The normalized spacial score (nSPS) is 11.7. The summed E-state index contributed by atoms with van der Waals surface area (Å²) in [5.74, 6) is 0. The van der Waals surface area contributed by atoms with Crippen LogP contribution < -0.4 is 56.5 Å². The number of rotatable bonds is 13. The summed E-state index contributed by atoms with van der Waals surface area (Å²) in [6.07, 6.45) is 13.3. The topological polar surface area (TPSA) is 49.4 Å². The summed E-state index contributed by atoms with van der Waals surface area (Å²) in [5, 5.41) is 10.1. The first-order valence-electron chi connectivity index (χ1n) is 7.72. The van der Waals surface area contributed by atoms with Gasteiger partial charge in [-0.15, -0.1) is 0 Å². The van der Waals surface area contributed by atoms with Gasteiger partial charge in [0.15, 0.2) is 0 Å². The van der Waals surface area contributed by atoms with Crippen LogP contribution in [0.3, 0.4) is 0 Å². The smallest absolute Gasteiger partial charge is 0.536 e. The molecule has 1 atom stereocenters. The predicted molar refractivity (Wildman–Crippen MR) is 80.3 cm³/mol. The number of unbranched alkanes of at least 4 members (excludes halogenated alkanes) is 10. The summed E-state index contributed by atoms with van der Waals surface area (Å²) in [6.45, 7) is 2.24. The second kappa shape index (κ2) is 18.3. The molecular formula is C15H29KO3S. The number of carbonyl (C=O) groups excluding carboxylic acids is 1. The average Bonchev–Trinajstić information content (AvgIpc) is 2.35. The van der Waals surface area contributed by atoms with Gasteiger partial charge >= 0.3 is 51.4 Å². The van der Waals surface area contributed by atoms with Crippen molar-refractivity contribution in [3.8, 4) is 0 Å². The zero-order valence-corrected chi connectivity index (χ0v) is 17.3. The number of hydrogen-bond acceptors (Lipinski definition) is 4. The van der Waals surface area contributed by atoms with Crippen molar-refractivity contribution in [1.29, 1.82) is 0 Å². The molecule has 0 saturated carbocycles. The zero-order chi connectivity index (χ0) is 14.3. The van der Waals surface area contributed by atoms with Crippen molar-refractivity contribution in [2.45, 2.75) is 89.4 Å². The molecule has 0 aromatic rings. The van der Waals surface area contributed by atoms with E-state index in [0.29, 0.717) is 6.42 Å². The van der Waals surface area contributed by atoms with E-state index in [1.165, 1.54) is 57.8 Å². The molecule has 3 nitrogen and oxygen atoms in total.